The van der Waals surface area contributed by atoms with E-state index in [0.29, 0.717) is 18.1 Å². The number of carbonyl (C=O) groups excluding carboxylic acids is 1. The third-order valence-electron chi connectivity index (χ3n) is 5.06. The minimum absolute atomic E-state index is 0.154. The van der Waals surface area contributed by atoms with Gasteiger partial charge in [0.2, 0.25) is 5.95 Å². The van der Waals surface area contributed by atoms with Crippen LogP contribution in [0, 0.1) is 0 Å². The zero-order chi connectivity index (χ0) is 19.3. The SMILES string of the molecule is CN1Cc2ccccc2C[C@H]1CNC(=O)c1cnc(Nc2ccccc2)nc1. The topological polar surface area (TPSA) is 70.2 Å². The van der Waals surface area contributed by atoms with E-state index >= 15 is 0 Å². The Hall–Kier alpha value is -3.25. The number of nitrogens with zero attached hydrogens (tertiary/aromatic N) is 3. The van der Waals surface area contributed by atoms with Gasteiger partial charge in [0, 0.05) is 37.2 Å². The average Bonchev–Trinajstić information content (AvgIpc) is 2.73. The molecule has 1 aromatic heterocycles. The zero-order valence-corrected chi connectivity index (χ0v) is 15.8. The molecule has 1 aliphatic heterocycles. The monoisotopic (exact) mass is 373 g/mol. The molecule has 2 aromatic carbocycles. The fourth-order valence-electron chi connectivity index (χ4n) is 3.42. The number of carbonyl (C=O) groups is 1. The molecule has 0 aliphatic carbocycles. The number of fused-ring (bicyclic) bond motifs is 1. The lowest BCUT2D eigenvalue weighted by atomic mass is 9.94. The van der Waals surface area contributed by atoms with Gasteiger partial charge in [0.15, 0.2) is 0 Å². The highest BCUT2D eigenvalue weighted by Crippen LogP contribution is 2.21. The van der Waals surface area contributed by atoms with Crippen molar-refractivity contribution in [1.29, 1.82) is 0 Å². The van der Waals surface area contributed by atoms with Crippen LogP contribution in [0.4, 0.5) is 11.6 Å². The van der Waals surface area contributed by atoms with E-state index in [2.05, 4.69) is 56.8 Å². The van der Waals surface area contributed by atoms with Gasteiger partial charge in [-0.2, -0.15) is 0 Å². The first-order valence-electron chi connectivity index (χ1n) is 9.38. The molecule has 4 rings (SSSR count). The van der Waals surface area contributed by atoms with Crippen LogP contribution in [-0.4, -0.2) is 40.4 Å². The first-order chi connectivity index (χ1) is 13.7. The molecule has 0 saturated heterocycles. The largest absolute Gasteiger partial charge is 0.350 e. The van der Waals surface area contributed by atoms with Gasteiger partial charge in [0.05, 0.1) is 5.56 Å². The maximum Gasteiger partial charge on any atom is 0.254 e. The van der Waals surface area contributed by atoms with Gasteiger partial charge in [-0.05, 0) is 36.7 Å². The highest BCUT2D eigenvalue weighted by atomic mass is 16.1. The van der Waals surface area contributed by atoms with E-state index in [-0.39, 0.29) is 11.9 Å². The Kier molecular flexibility index (Phi) is 5.30. The second-order valence-corrected chi connectivity index (χ2v) is 7.04. The second-order valence-electron chi connectivity index (χ2n) is 7.04. The fourth-order valence-corrected chi connectivity index (χ4v) is 3.42. The number of hydrogen-bond donors (Lipinski definition) is 2. The quantitative estimate of drug-likeness (QED) is 0.719. The summed E-state index contributed by atoms with van der Waals surface area (Å²) in [5.74, 6) is 0.310. The molecule has 0 saturated carbocycles. The molecule has 0 unspecified atom stereocenters. The average molecular weight is 373 g/mol. The molecular formula is C22H23N5O. The maximum atomic E-state index is 12.5. The summed E-state index contributed by atoms with van der Waals surface area (Å²) < 4.78 is 0. The molecule has 0 fully saturated rings. The van der Waals surface area contributed by atoms with Crippen LogP contribution in [0.3, 0.4) is 0 Å². The summed E-state index contributed by atoms with van der Waals surface area (Å²) in [6, 6.07) is 18.4. The van der Waals surface area contributed by atoms with Gasteiger partial charge in [-0.15, -0.1) is 0 Å². The predicted molar refractivity (Wildman–Crippen MR) is 109 cm³/mol. The Labute approximate surface area is 164 Å². The van der Waals surface area contributed by atoms with Gasteiger partial charge in [-0.25, -0.2) is 9.97 Å². The molecule has 0 spiro atoms. The van der Waals surface area contributed by atoms with Crippen LogP contribution in [0.1, 0.15) is 21.5 Å². The van der Waals surface area contributed by atoms with Gasteiger partial charge in [-0.3, -0.25) is 9.69 Å². The molecule has 1 atom stereocenters. The van der Waals surface area contributed by atoms with Crippen LogP contribution >= 0.6 is 0 Å². The minimum atomic E-state index is -0.154. The van der Waals surface area contributed by atoms with Gasteiger partial charge in [0.25, 0.3) is 5.91 Å². The number of benzene rings is 2. The Morgan fingerprint density at radius 3 is 2.46 bits per heavy atom. The third-order valence-corrected chi connectivity index (χ3v) is 5.06. The van der Waals surface area contributed by atoms with Crippen LogP contribution in [0.2, 0.25) is 0 Å². The van der Waals surface area contributed by atoms with E-state index in [1.807, 2.05) is 30.3 Å². The van der Waals surface area contributed by atoms with E-state index in [4.69, 9.17) is 0 Å². The number of aromatic nitrogens is 2. The van der Waals surface area contributed by atoms with Crippen LogP contribution in [0.15, 0.2) is 67.0 Å². The number of likely N-dealkylation sites (N-methyl/N-ethyl adjacent to an activating group) is 1. The lowest BCUT2D eigenvalue weighted by molar-refractivity contribution is 0.0934. The highest BCUT2D eigenvalue weighted by Gasteiger charge is 2.23. The normalized spacial score (nSPS) is 16.2. The van der Waals surface area contributed by atoms with Crippen molar-refractivity contribution in [3.63, 3.8) is 0 Å². The van der Waals surface area contributed by atoms with Crippen molar-refractivity contribution in [3.8, 4) is 0 Å². The Morgan fingerprint density at radius 2 is 1.71 bits per heavy atom. The second kappa shape index (κ2) is 8.19. The summed E-state index contributed by atoms with van der Waals surface area (Å²) in [5.41, 5.74) is 4.08. The molecule has 1 amide bonds. The summed E-state index contributed by atoms with van der Waals surface area (Å²) in [4.78, 5) is 23.2. The first kappa shape index (κ1) is 18.1. The van der Waals surface area contributed by atoms with Gasteiger partial charge in [-0.1, -0.05) is 42.5 Å². The molecule has 3 aromatic rings. The summed E-state index contributed by atoms with van der Waals surface area (Å²) in [6.07, 6.45) is 4.03. The van der Waals surface area contributed by atoms with E-state index < -0.39 is 0 Å². The molecule has 28 heavy (non-hydrogen) atoms. The molecular weight excluding hydrogens is 350 g/mol. The summed E-state index contributed by atoms with van der Waals surface area (Å²) in [6.45, 7) is 1.49. The van der Waals surface area contributed by atoms with Gasteiger partial charge >= 0.3 is 0 Å². The molecule has 1 aliphatic rings. The van der Waals surface area contributed by atoms with Crippen molar-refractivity contribution >= 4 is 17.5 Å². The number of amides is 1. The molecule has 0 radical (unpaired) electrons. The summed E-state index contributed by atoms with van der Waals surface area (Å²) in [7, 11) is 2.10. The summed E-state index contributed by atoms with van der Waals surface area (Å²) in [5, 5.41) is 6.13. The lowest BCUT2D eigenvalue weighted by Crippen LogP contribution is -2.45. The molecule has 6 heteroatoms. The number of para-hydroxylation sites is 1. The highest BCUT2D eigenvalue weighted by molar-refractivity contribution is 5.93. The minimum Gasteiger partial charge on any atom is -0.350 e. The predicted octanol–water partition coefficient (Wildman–Crippen LogP) is 3.01. The lowest BCUT2D eigenvalue weighted by Gasteiger charge is -2.34. The molecule has 0 bridgehead atoms. The third kappa shape index (κ3) is 4.18. The fraction of sp³-hybridized carbons (Fsp3) is 0.227. The van der Waals surface area contributed by atoms with E-state index in [9.17, 15) is 4.79 Å². The van der Waals surface area contributed by atoms with Crippen molar-refractivity contribution in [2.75, 3.05) is 18.9 Å². The maximum absolute atomic E-state index is 12.5. The van der Waals surface area contributed by atoms with Gasteiger partial charge < -0.3 is 10.6 Å². The molecule has 142 valence electrons. The van der Waals surface area contributed by atoms with Crippen LogP contribution in [-0.2, 0) is 13.0 Å². The number of nitrogens with one attached hydrogen (secondary N) is 2. The van der Waals surface area contributed by atoms with Crippen molar-refractivity contribution < 1.29 is 4.79 Å². The van der Waals surface area contributed by atoms with E-state index in [1.54, 1.807) is 12.4 Å². The van der Waals surface area contributed by atoms with Crippen molar-refractivity contribution in [2.24, 2.45) is 0 Å². The Morgan fingerprint density at radius 1 is 1.04 bits per heavy atom. The number of hydrogen-bond acceptors (Lipinski definition) is 5. The van der Waals surface area contributed by atoms with Crippen molar-refractivity contribution in [3.05, 3.63) is 83.7 Å². The summed E-state index contributed by atoms with van der Waals surface area (Å²) >= 11 is 0. The molecule has 6 nitrogen and oxygen atoms in total. The Balaban J connectivity index is 1.34. The van der Waals surface area contributed by atoms with Crippen LogP contribution in [0.25, 0.3) is 0 Å². The first-order valence-corrected chi connectivity index (χ1v) is 9.38. The smallest absolute Gasteiger partial charge is 0.254 e. The molecule has 2 heterocycles. The van der Waals surface area contributed by atoms with Crippen LogP contribution < -0.4 is 10.6 Å². The van der Waals surface area contributed by atoms with Crippen molar-refractivity contribution in [2.45, 2.75) is 19.0 Å². The zero-order valence-electron chi connectivity index (χ0n) is 15.8. The standard InChI is InChI=1S/C22H23N5O/c1-27-15-17-8-6-5-7-16(17)11-20(27)14-23-21(28)18-12-24-22(25-13-18)26-19-9-3-2-4-10-19/h2-10,12-13,20H,11,14-15H2,1H3,(H,23,28)(H,24,25,26)/t20-/m0/s1. The molecule has 2 N–H and O–H groups in total. The van der Waals surface area contributed by atoms with E-state index in [1.165, 1.54) is 11.1 Å². The number of anilines is 2. The Bertz CT molecular complexity index is 943. The number of rotatable bonds is 5. The van der Waals surface area contributed by atoms with E-state index in [0.717, 1.165) is 18.7 Å². The van der Waals surface area contributed by atoms with Crippen LogP contribution in [0.5, 0.6) is 0 Å². The van der Waals surface area contributed by atoms with Crippen molar-refractivity contribution in [1.82, 2.24) is 20.2 Å². The van der Waals surface area contributed by atoms with Gasteiger partial charge in [0.1, 0.15) is 0 Å².